The van der Waals surface area contributed by atoms with Gasteiger partial charge in [0.2, 0.25) is 0 Å². The molecule has 2 atom stereocenters. The number of nitrogens with one attached hydrogen (secondary N) is 1. The predicted molar refractivity (Wildman–Crippen MR) is 48.3 cm³/mol. The third-order valence-corrected chi connectivity index (χ3v) is 2.19. The summed E-state index contributed by atoms with van der Waals surface area (Å²) in [6.45, 7) is 4.55. The van der Waals surface area contributed by atoms with Gasteiger partial charge in [-0.15, -0.1) is 0 Å². The summed E-state index contributed by atoms with van der Waals surface area (Å²) >= 11 is 0. The van der Waals surface area contributed by atoms with Gasteiger partial charge in [0.15, 0.2) is 0 Å². The zero-order valence-electron chi connectivity index (χ0n) is 8.01. The molecule has 0 radical (unpaired) electrons. The molecule has 1 N–H and O–H groups in total. The van der Waals surface area contributed by atoms with E-state index in [-0.39, 0.29) is 0 Å². The Labute approximate surface area is 74.4 Å². The minimum absolute atomic E-state index is 0.356. The van der Waals surface area contributed by atoms with Crippen LogP contribution in [0.15, 0.2) is 0 Å². The van der Waals surface area contributed by atoms with E-state index in [1.807, 2.05) is 7.05 Å². The molecule has 1 fully saturated rings. The van der Waals surface area contributed by atoms with Crippen molar-refractivity contribution in [3.05, 3.63) is 0 Å². The molecule has 1 aliphatic heterocycles. The summed E-state index contributed by atoms with van der Waals surface area (Å²) in [4.78, 5) is 0. The normalized spacial score (nSPS) is 26.0. The summed E-state index contributed by atoms with van der Waals surface area (Å²) in [5, 5.41) is 3.12. The lowest BCUT2D eigenvalue weighted by molar-refractivity contribution is 0.0121. The number of rotatable bonds is 5. The van der Waals surface area contributed by atoms with Crippen LogP contribution in [0.4, 0.5) is 0 Å². The number of hydrogen-bond acceptors (Lipinski definition) is 3. The molecule has 0 saturated carbocycles. The standard InChI is InChI=1S/C9H19NO2/c1-8(10-2)6-11-7-9-4-3-5-12-9/h8-10H,3-7H2,1-2H3. The average Bonchev–Trinajstić information content (AvgIpc) is 2.57. The van der Waals surface area contributed by atoms with Crippen molar-refractivity contribution in [3.8, 4) is 0 Å². The molecule has 1 rings (SSSR count). The van der Waals surface area contributed by atoms with Crippen molar-refractivity contribution in [2.24, 2.45) is 0 Å². The molecule has 12 heavy (non-hydrogen) atoms. The van der Waals surface area contributed by atoms with Gasteiger partial charge < -0.3 is 14.8 Å². The van der Waals surface area contributed by atoms with Gasteiger partial charge in [-0.2, -0.15) is 0 Å². The Kier molecular flexibility index (Phi) is 4.58. The van der Waals surface area contributed by atoms with E-state index in [1.54, 1.807) is 0 Å². The lowest BCUT2D eigenvalue weighted by atomic mass is 10.2. The first kappa shape index (κ1) is 9.96. The Morgan fingerprint density at radius 1 is 1.67 bits per heavy atom. The Morgan fingerprint density at radius 3 is 3.08 bits per heavy atom. The van der Waals surface area contributed by atoms with E-state index in [1.165, 1.54) is 6.42 Å². The van der Waals surface area contributed by atoms with Crippen molar-refractivity contribution in [1.29, 1.82) is 0 Å². The largest absolute Gasteiger partial charge is 0.377 e. The third kappa shape index (κ3) is 3.52. The summed E-state index contributed by atoms with van der Waals surface area (Å²) in [5.74, 6) is 0. The van der Waals surface area contributed by atoms with Crippen LogP contribution < -0.4 is 5.32 Å². The van der Waals surface area contributed by atoms with Gasteiger partial charge in [-0.25, -0.2) is 0 Å². The molecule has 0 amide bonds. The molecule has 1 aliphatic rings. The number of likely N-dealkylation sites (N-methyl/N-ethyl adjacent to an activating group) is 1. The first-order valence-corrected chi connectivity index (χ1v) is 4.69. The van der Waals surface area contributed by atoms with E-state index < -0.39 is 0 Å². The lowest BCUT2D eigenvalue weighted by Gasteiger charge is -2.13. The second kappa shape index (κ2) is 5.51. The van der Waals surface area contributed by atoms with Gasteiger partial charge in [0.1, 0.15) is 0 Å². The second-order valence-electron chi connectivity index (χ2n) is 3.36. The van der Waals surface area contributed by atoms with Crippen LogP contribution in [0.3, 0.4) is 0 Å². The van der Waals surface area contributed by atoms with Crippen molar-refractivity contribution in [3.63, 3.8) is 0 Å². The topological polar surface area (TPSA) is 30.5 Å². The Bertz CT molecular complexity index is 113. The second-order valence-corrected chi connectivity index (χ2v) is 3.36. The Morgan fingerprint density at radius 2 is 2.50 bits per heavy atom. The fourth-order valence-corrected chi connectivity index (χ4v) is 1.24. The average molecular weight is 173 g/mol. The van der Waals surface area contributed by atoms with Crippen molar-refractivity contribution in [2.45, 2.75) is 31.9 Å². The van der Waals surface area contributed by atoms with E-state index >= 15 is 0 Å². The molecule has 0 aromatic rings. The summed E-state index contributed by atoms with van der Waals surface area (Å²) in [6.07, 6.45) is 2.71. The van der Waals surface area contributed by atoms with Gasteiger partial charge in [-0.3, -0.25) is 0 Å². The highest BCUT2D eigenvalue weighted by Gasteiger charge is 2.15. The molecule has 0 spiro atoms. The molecule has 1 saturated heterocycles. The Hall–Kier alpha value is -0.120. The summed E-state index contributed by atoms with van der Waals surface area (Å²) in [7, 11) is 1.94. The van der Waals surface area contributed by atoms with E-state index in [0.29, 0.717) is 12.1 Å². The van der Waals surface area contributed by atoms with Crippen molar-refractivity contribution >= 4 is 0 Å². The molecule has 1 heterocycles. The van der Waals surface area contributed by atoms with Gasteiger partial charge in [0.25, 0.3) is 0 Å². The summed E-state index contributed by atoms with van der Waals surface area (Å²) in [5.41, 5.74) is 0. The highest BCUT2D eigenvalue weighted by Crippen LogP contribution is 2.11. The van der Waals surface area contributed by atoms with E-state index in [4.69, 9.17) is 9.47 Å². The van der Waals surface area contributed by atoms with Crippen LogP contribution in [0.1, 0.15) is 19.8 Å². The van der Waals surface area contributed by atoms with Gasteiger partial charge in [-0.1, -0.05) is 0 Å². The van der Waals surface area contributed by atoms with Gasteiger partial charge in [-0.05, 0) is 26.8 Å². The first-order chi connectivity index (χ1) is 5.83. The smallest absolute Gasteiger partial charge is 0.0809 e. The van der Waals surface area contributed by atoms with E-state index in [9.17, 15) is 0 Å². The monoisotopic (exact) mass is 173 g/mol. The molecule has 0 aromatic carbocycles. The molecule has 0 bridgehead atoms. The zero-order chi connectivity index (χ0) is 8.81. The number of hydrogen-bond donors (Lipinski definition) is 1. The molecule has 2 unspecified atom stereocenters. The fraction of sp³-hybridized carbons (Fsp3) is 1.00. The molecule has 3 heteroatoms. The summed E-state index contributed by atoms with van der Waals surface area (Å²) < 4.78 is 10.9. The van der Waals surface area contributed by atoms with Crippen molar-refractivity contribution in [2.75, 3.05) is 26.9 Å². The zero-order valence-corrected chi connectivity index (χ0v) is 8.01. The van der Waals surface area contributed by atoms with Crippen LogP contribution in [-0.2, 0) is 9.47 Å². The highest BCUT2D eigenvalue weighted by atomic mass is 16.5. The minimum atomic E-state index is 0.356. The van der Waals surface area contributed by atoms with E-state index in [0.717, 1.165) is 26.2 Å². The minimum Gasteiger partial charge on any atom is -0.377 e. The number of ether oxygens (including phenoxy) is 2. The van der Waals surface area contributed by atoms with Crippen LogP contribution in [0, 0.1) is 0 Å². The van der Waals surface area contributed by atoms with Crippen LogP contribution in [0.25, 0.3) is 0 Å². The fourth-order valence-electron chi connectivity index (χ4n) is 1.24. The van der Waals surface area contributed by atoms with Crippen LogP contribution in [0.2, 0.25) is 0 Å². The van der Waals surface area contributed by atoms with Crippen molar-refractivity contribution < 1.29 is 9.47 Å². The van der Waals surface area contributed by atoms with Gasteiger partial charge in [0.05, 0.1) is 19.3 Å². The van der Waals surface area contributed by atoms with Crippen LogP contribution in [0.5, 0.6) is 0 Å². The maximum absolute atomic E-state index is 5.48. The molecular formula is C9H19NO2. The predicted octanol–water partition coefficient (Wildman–Crippen LogP) is 0.790. The maximum atomic E-state index is 5.48. The molecule has 3 nitrogen and oxygen atoms in total. The SMILES string of the molecule is CNC(C)COCC1CCCO1. The summed E-state index contributed by atoms with van der Waals surface area (Å²) in [6, 6.07) is 0.436. The molecule has 0 aromatic heterocycles. The quantitative estimate of drug-likeness (QED) is 0.666. The third-order valence-electron chi connectivity index (χ3n) is 2.19. The van der Waals surface area contributed by atoms with Gasteiger partial charge in [0, 0.05) is 12.6 Å². The highest BCUT2D eigenvalue weighted by molar-refractivity contribution is 4.64. The van der Waals surface area contributed by atoms with Crippen LogP contribution >= 0.6 is 0 Å². The lowest BCUT2D eigenvalue weighted by Crippen LogP contribution is -2.28. The van der Waals surface area contributed by atoms with Gasteiger partial charge >= 0.3 is 0 Å². The maximum Gasteiger partial charge on any atom is 0.0809 e. The molecular weight excluding hydrogens is 154 g/mol. The first-order valence-electron chi connectivity index (χ1n) is 4.69. The molecule has 72 valence electrons. The van der Waals surface area contributed by atoms with Crippen LogP contribution in [-0.4, -0.2) is 39.0 Å². The van der Waals surface area contributed by atoms with E-state index in [2.05, 4.69) is 12.2 Å². The Balaban J connectivity index is 1.94. The molecule has 0 aliphatic carbocycles. The van der Waals surface area contributed by atoms with Crippen molar-refractivity contribution in [1.82, 2.24) is 5.32 Å².